The third-order valence-electron chi connectivity index (χ3n) is 0.880. The summed E-state index contributed by atoms with van der Waals surface area (Å²) in [6.07, 6.45) is 4.32. The van der Waals surface area contributed by atoms with Gasteiger partial charge >= 0.3 is 5.97 Å². The van der Waals surface area contributed by atoms with Gasteiger partial charge in [0.1, 0.15) is 5.75 Å². The Hall–Kier alpha value is -1.95. The molecule has 0 spiro atoms. The van der Waals surface area contributed by atoms with Crippen LogP contribution in [0.5, 0.6) is 5.75 Å². The van der Waals surface area contributed by atoms with Crippen molar-refractivity contribution >= 4 is 5.97 Å². The summed E-state index contributed by atoms with van der Waals surface area (Å²) in [5.41, 5.74) is 0. The van der Waals surface area contributed by atoms with Gasteiger partial charge in [0.05, 0.1) is 0 Å². The fourth-order valence-electron chi connectivity index (χ4n) is 0.428. The van der Waals surface area contributed by atoms with E-state index < -0.39 is 5.97 Å². The van der Waals surface area contributed by atoms with Crippen LogP contribution in [-0.4, -0.2) is 16.2 Å². The number of aromatic hydroxyl groups is 1. The van der Waals surface area contributed by atoms with E-state index in [4.69, 9.17) is 15.0 Å². The summed E-state index contributed by atoms with van der Waals surface area (Å²) in [7, 11) is 0. The maximum Gasteiger partial charge on any atom is 0.381 e. The van der Waals surface area contributed by atoms with E-state index in [1.165, 1.54) is 5.92 Å². The van der Waals surface area contributed by atoms with E-state index in [-0.39, 0.29) is 0 Å². The third kappa shape index (κ3) is 6.17. The molecule has 62 valence electrons. The molecule has 0 aromatic heterocycles. The largest absolute Gasteiger partial charge is 0.508 e. The lowest BCUT2D eigenvalue weighted by Crippen LogP contribution is -1.83. The molecule has 0 aliphatic heterocycles. The molecule has 0 saturated heterocycles. The molecule has 1 aromatic rings. The second-order valence-electron chi connectivity index (χ2n) is 1.79. The van der Waals surface area contributed by atoms with Gasteiger partial charge in [-0.2, -0.15) is 0 Å². The van der Waals surface area contributed by atoms with Gasteiger partial charge in [-0.1, -0.05) is 18.2 Å². The summed E-state index contributed by atoms with van der Waals surface area (Å²) in [6, 6.07) is 8.71. The lowest BCUT2D eigenvalue weighted by Gasteiger charge is -1.82. The Bertz CT molecular complexity index is 272. The topological polar surface area (TPSA) is 57.5 Å². The lowest BCUT2D eigenvalue weighted by molar-refractivity contribution is -0.130. The van der Waals surface area contributed by atoms with Gasteiger partial charge in [-0.25, -0.2) is 4.79 Å². The van der Waals surface area contributed by atoms with Gasteiger partial charge in [0.25, 0.3) is 0 Å². The molecule has 0 unspecified atom stereocenters. The van der Waals surface area contributed by atoms with Crippen LogP contribution in [0, 0.1) is 12.3 Å². The number of carboxylic acid groups (broad SMARTS) is 1. The standard InChI is InChI=1S/C6H6O.C3H2O2/c7-6-4-2-1-3-5-6;1-2-3(4)5/h1-5,7H;1H,(H,4,5). The number of aliphatic carboxylic acids is 1. The summed E-state index contributed by atoms with van der Waals surface area (Å²) in [5, 5.41) is 16.1. The van der Waals surface area contributed by atoms with Crippen LogP contribution < -0.4 is 0 Å². The summed E-state index contributed by atoms with van der Waals surface area (Å²) in [5.74, 6) is 0.549. The molecule has 2 N–H and O–H groups in total. The second-order valence-corrected chi connectivity index (χ2v) is 1.79. The van der Waals surface area contributed by atoms with E-state index in [1.807, 2.05) is 6.07 Å². The minimum atomic E-state index is -1.22. The van der Waals surface area contributed by atoms with Crippen molar-refractivity contribution < 1.29 is 15.0 Å². The molecule has 12 heavy (non-hydrogen) atoms. The SMILES string of the molecule is C#CC(=O)O.Oc1ccccc1. The highest BCUT2D eigenvalue weighted by Crippen LogP contribution is 2.02. The van der Waals surface area contributed by atoms with Crippen molar-refractivity contribution in [2.24, 2.45) is 0 Å². The predicted molar refractivity (Wildman–Crippen MR) is 44.6 cm³/mol. The van der Waals surface area contributed by atoms with Crippen molar-refractivity contribution in [1.82, 2.24) is 0 Å². The predicted octanol–water partition coefficient (Wildman–Crippen LogP) is 1.10. The highest BCUT2D eigenvalue weighted by Gasteiger charge is 1.75. The molecule has 0 radical (unpaired) electrons. The number of phenols is 1. The minimum Gasteiger partial charge on any atom is -0.508 e. The summed E-state index contributed by atoms with van der Waals surface area (Å²) < 4.78 is 0. The van der Waals surface area contributed by atoms with Crippen molar-refractivity contribution in [2.45, 2.75) is 0 Å². The number of carbonyl (C=O) groups is 1. The molecule has 3 nitrogen and oxygen atoms in total. The highest BCUT2D eigenvalue weighted by molar-refractivity contribution is 5.85. The average Bonchev–Trinajstić information content (AvgIpc) is 2.07. The van der Waals surface area contributed by atoms with E-state index in [2.05, 4.69) is 6.42 Å². The number of benzene rings is 1. The molecule has 0 bridgehead atoms. The van der Waals surface area contributed by atoms with Crippen LogP contribution in [0.4, 0.5) is 0 Å². The van der Waals surface area contributed by atoms with E-state index in [1.54, 1.807) is 24.3 Å². The molecule has 0 amide bonds. The number of hydrogen-bond donors (Lipinski definition) is 2. The van der Waals surface area contributed by atoms with Crippen LogP contribution in [-0.2, 0) is 4.79 Å². The third-order valence-corrected chi connectivity index (χ3v) is 0.880. The number of terminal acetylenes is 1. The van der Waals surface area contributed by atoms with E-state index in [0.717, 1.165) is 0 Å². The lowest BCUT2D eigenvalue weighted by atomic mass is 10.3. The highest BCUT2D eigenvalue weighted by atomic mass is 16.4. The number of carboxylic acids is 1. The van der Waals surface area contributed by atoms with Crippen LogP contribution in [0.3, 0.4) is 0 Å². The Morgan fingerprint density at radius 3 is 1.92 bits per heavy atom. The smallest absolute Gasteiger partial charge is 0.381 e. The molecule has 0 aliphatic carbocycles. The zero-order valence-electron chi connectivity index (χ0n) is 6.27. The first-order valence-electron chi connectivity index (χ1n) is 3.10. The summed E-state index contributed by atoms with van der Waals surface area (Å²) >= 11 is 0. The maximum atomic E-state index is 9.13. The number of phenolic OH excluding ortho intramolecular Hbond substituents is 1. The zero-order valence-corrected chi connectivity index (χ0v) is 6.27. The summed E-state index contributed by atoms with van der Waals surface area (Å²) in [4.78, 5) is 9.13. The molecule has 1 rings (SSSR count). The maximum absolute atomic E-state index is 9.13. The molecular formula is C9H8O3. The first-order valence-corrected chi connectivity index (χ1v) is 3.10. The van der Waals surface area contributed by atoms with Crippen LogP contribution in [0.1, 0.15) is 0 Å². The monoisotopic (exact) mass is 164 g/mol. The minimum absolute atomic E-state index is 0.322. The molecule has 0 saturated carbocycles. The van der Waals surface area contributed by atoms with E-state index >= 15 is 0 Å². The molecule has 0 fully saturated rings. The van der Waals surface area contributed by atoms with Crippen molar-refractivity contribution in [3.8, 4) is 18.1 Å². The van der Waals surface area contributed by atoms with E-state index in [9.17, 15) is 0 Å². The molecule has 3 heteroatoms. The molecular weight excluding hydrogens is 156 g/mol. The van der Waals surface area contributed by atoms with Gasteiger partial charge in [0, 0.05) is 5.92 Å². The molecule has 0 atom stereocenters. The molecule has 0 aliphatic rings. The molecule has 0 heterocycles. The number of hydrogen-bond acceptors (Lipinski definition) is 2. The summed E-state index contributed by atoms with van der Waals surface area (Å²) in [6.45, 7) is 0. The first-order chi connectivity index (χ1) is 5.66. The van der Waals surface area contributed by atoms with Crippen LogP contribution >= 0.6 is 0 Å². The Kier molecular flexibility index (Phi) is 4.86. The average molecular weight is 164 g/mol. The van der Waals surface area contributed by atoms with Gasteiger partial charge < -0.3 is 10.2 Å². The van der Waals surface area contributed by atoms with Crippen molar-refractivity contribution in [1.29, 1.82) is 0 Å². The first kappa shape index (κ1) is 10.0. The van der Waals surface area contributed by atoms with Crippen molar-refractivity contribution in [3.05, 3.63) is 30.3 Å². The molecule has 1 aromatic carbocycles. The van der Waals surface area contributed by atoms with Crippen LogP contribution in [0.2, 0.25) is 0 Å². The number of rotatable bonds is 0. The Morgan fingerprint density at radius 1 is 1.33 bits per heavy atom. The van der Waals surface area contributed by atoms with Gasteiger partial charge in [-0.05, 0) is 12.1 Å². The van der Waals surface area contributed by atoms with Gasteiger partial charge in [-0.3, -0.25) is 0 Å². The second kappa shape index (κ2) is 5.81. The number of para-hydroxylation sites is 1. The normalized spacial score (nSPS) is 7.25. The van der Waals surface area contributed by atoms with Crippen LogP contribution in [0.25, 0.3) is 0 Å². The van der Waals surface area contributed by atoms with Gasteiger partial charge in [0.2, 0.25) is 0 Å². The van der Waals surface area contributed by atoms with Crippen molar-refractivity contribution in [3.63, 3.8) is 0 Å². The fraction of sp³-hybridized carbons (Fsp3) is 0. The van der Waals surface area contributed by atoms with Gasteiger partial charge in [-0.15, -0.1) is 6.42 Å². The quantitative estimate of drug-likeness (QED) is 0.564. The van der Waals surface area contributed by atoms with Crippen molar-refractivity contribution in [2.75, 3.05) is 0 Å². The zero-order chi connectivity index (χ0) is 9.40. The van der Waals surface area contributed by atoms with Gasteiger partial charge in [0.15, 0.2) is 0 Å². The Labute approximate surface area is 70.3 Å². The van der Waals surface area contributed by atoms with E-state index in [0.29, 0.717) is 5.75 Å². The Balaban J connectivity index is 0.000000217. The fourth-order valence-corrected chi connectivity index (χ4v) is 0.428. The Morgan fingerprint density at radius 2 is 1.75 bits per heavy atom. The van der Waals surface area contributed by atoms with Crippen LogP contribution in [0.15, 0.2) is 30.3 Å².